The summed E-state index contributed by atoms with van der Waals surface area (Å²) in [5, 5.41) is 5.31. The van der Waals surface area contributed by atoms with E-state index in [1.54, 1.807) is 24.3 Å². The van der Waals surface area contributed by atoms with Crippen LogP contribution < -0.4 is 15.4 Å². The second kappa shape index (κ2) is 24.7. The van der Waals surface area contributed by atoms with Gasteiger partial charge < -0.3 is 47.9 Å². The van der Waals surface area contributed by atoms with E-state index in [1.807, 2.05) is 51.1 Å². The quantitative estimate of drug-likeness (QED) is 0.147. The largest absolute Gasteiger partial charge is 0.491 e. The molecule has 0 bridgehead atoms. The van der Waals surface area contributed by atoms with Crippen molar-refractivity contribution in [1.82, 2.24) is 5.32 Å². The Hall–Kier alpha value is -3.46. The fourth-order valence-electron chi connectivity index (χ4n) is 3.48. The van der Waals surface area contributed by atoms with Gasteiger partial charge in [0.15, 0.2) is 0 Å². The zero-order valence-corrected chi connectivity index (χ0v) is 27.3. The van der Waals surface area contributed by atoms with E-state index in [2.05, 4.69) is 10.6 Å². The third kappa shape index (κ3) is 22.1. The highest BCUT2D eigenvalue weighted by Crippen LogP contribution is 2.17. The summed E-state index contributed by atoms with van der Waals surface area (Å²) in [6, 6.07) is 16.5. The number of ether oxygens (including phenoxy) is 9. The maximum Gasteiger partial charge on any atom is 0.412 e. The molecule has 2 rings (SSSR count). The molecule has 258 valence electrons. The molecule has 13 nitrogen and oxygen atoms in total. The van der Waals surface area contributed by atoms with Crippen molar-refractivity contribution in [1.29, 1.82) is 0 Å². The van der Waals surface area contributed by atoms with Gasteiger partial charge in [-0.25, -0.2) is 9.59 Å². The SMILES string of the molecule is CC(C)(C)OC(=O)Nc1ccc(OCCOCCOCCOCCOCCOCCOCCNC(=O)OCc2ccccc2)cc1. The first kappa shape index (κ1) is 38.7. The summed E-state index contributed by atoms with van der Waals surface area (Å²) < 4.78 is 48.8. The highest BCUT2D eigenvalue weighted by molar-refractivity contribution is 5.84. The number of carbonyl (C=O) groups is 2. The molecule has 2 amide bonds. The van der Waals surface area contributed by atoms with Crippen LogP contribution >= 0.6 is 0 Å². The van der Waals surface area contributed by atoms with Crippen LogP contribution in [0.4, 0.5) is 15.3 Å². The lowest BCUT2D eigenvalue weighted by Gasteiger charge is -2.19. The predicted octanol–water partition coefficient (Wildman–Crippen LogP) is 4.44. The molecule has 0 aliphatic heterocycles. The number of hydrogen-bond acceptors (Lipinski definition) is 11. The van der Waals surface area contributed by atoms with Gasteiger partial charge >= 0.3 is 12.2 Å². The number of amides is 2. The van der Waals surface area contributed by atoms with Gasteiger partial charge in [-0.2, -0.15) is 0 Å². The second-order valence-electron chi connectivity index (χ2n) is 10.7. The lowest BCUT2D eigenvalue weighted by atomic mass is 10.2. The second-order valence-corrected chi connectivity index (χ2v) is 10.7. The van der Waals surface area contributed by atoms with Crippen LogP contribution in [0, 0.1) is 0 Å². The summed E-state index contributed by atoms with van der Waals surface area (Å²) in [6.07, 6.45) is -0.975. The molecule has 2 aromatic rings. The van der Waals surface area contributed by atoms with Crippen molar-refractivity contribution in [3.63, 3.8) is 0 Å². The highest BCUT2D eigenvalue weighted by Gasteiger charge is 2.16. The molecule has 0 heterocycles. The van der Waals surface area contributed by atoms with Gasteiger partial charge in [-0.05, 0) is 50.6 Å². The third-order valence-corrected chi connectivity index (χ3v) is 5.58. The fourth-order valence-corrected chi connectivity index (χ4v) is 3.48. The first-order chi connectivity index (χ1) is 22.3. The Labute approximate surface area is 272 Å². The Morgan fingerprint density at radius 2 is 1.07 bits per heavy atom. The molecule has 46 heavy (non-hydrogen) atoms. The van der Waals surface area contributed by atoms with Gasteiger partial charge in [0.1, 0.15) is 24.6 Å². The summed E-state index contributed by atoms with van der Waals surface area (Å²) in [7, 11) is 0. The number of carbonyl (C=O) groups excluding carboxylic acids is 2. The van der Waals surface area contributed by atoms with E-state index < -0.39 is 17.8 Å². The molecule has 0 saturated carbocycles. The molecule has 0 aliphatic carbocycles. The number of alkyl carbamates (subject to hydrolysis) is 1. The van der Waals surface area contributed by atoms with Crippen molar-refractivity contribution in [3.8, 4) is 5.75 Å². The van der Waals surface area contributed by atoms with E-state index in [0.717, 1.165) is 5.56 Å². The van der Waals surface area contributed by atoms with Crippen LogP contribution in [0.3, 0.4) is 0 Å². The Morgan fingerprint density at radius 3 is 1.57 bits per heavy atom. The summed E-state index contributed by atoms with van der Waals surface area (Å²) in [5.74, 6) is 0.676. The summed E-state index contributed by atoms with van der Waals surface area (Å²) in [6.45, 7) is 11.8. The molecular weight excluding hydrogens is 600 g/mol. The number of benzene rings is 2. The molecule has 0 radical (unpaired) electrons. The Morgan fingerprint density at radius 1 is 0.587 bits per heavy atom. The average molecular weight is 651 g/mol. The molecule has 13 heteroatoms. The Kier molecular flexibility index (Phi) is 20.8. The van der Waals surface area contributed by atoms with Crippen molar-refractivity contribution in [3.05, 3.63) is 60.2 Å². The van der Waals surface area contributed by atoms with Gasteiger partial charge in [0.2, 0.25) is 0 Å². The molecule has 0 aromatic heterocycles. The van der Waals surface area contributed by atoms with Crippen molar-refractivity contribution >= 4 is 17.9 Å². The van der Waals surface area contributed by atoms with Crippen LogP contribution in [0.1, 0.15) is 26.3 Å². The van der Waals surface area contributed by atoms with E-state index in [9.17, 15) is 9.59 Å². The van der Waals surface area contributed by atoms with E-state index in [4.69, 9.17) is 42.6 Å². The topological polar surface area (TPSA) is 141 Å². The monoisotopic (exact) mass is 650 g/mol. The Balaban J connectivity index is 1.25. The van der Waals surface area contributed by atoms with Crippen molar-refractivity contribution in [2.24, 2.45) is 0 Å². The molecule has 0 aliphatic rings. The minimum absolute atomic E-state index is 0.234. The van der Waals surface area contributed by atoms with Gasteiger partial charge in [-0.3, -0.25) is 5.32 Å². The van der Waals surface area contributed by atoms with Crippen molar-refractivity contribution < 1.29 is 52.2 Å². The first-order valence-corrected chi connectivity index (χ1v) is 15.5. The first-order valence-electron chi connectivity index (χ1n) is 15.5. The van der Waals surface area contributed by atoms with Crippen LogP contribution in [0.5, 0.6) is 5.75 Å². The minimum Gasteiger partial charge on any atom is -0.491 e. The number of hydrogen-bond donors (Lipinski definition) is 2. The summed E-state index contributed by atoms with van der Waals surface area (Å²) in [4.78, 5) is 23.4. The molecule has 0 atom stereocenters. The van der Waals surface area contributed by atoms with Gasteiger partial charge in [0.05, 0.1) is 79.3 Å². The summed E-state index contributed by atoms with van der Waals surface area (Å²) >= 11 is 0. The number of rotatable bonds is 25. The van der Waals surface area contributed by atoms with Gasteiger partial charge in [0, 0.05) is 12.2 Å². The van der Waals surface area contributed by atoms with Gasteiger partial charge in [-0.15, -0.1) is 0 Å². The van der Waals surface area contributed by atoms with E-state index in [1.165, 1.54) is 0 Å². The molecule has 0 unspecified atom stereocenters. The fraction of sp³-hybridized carbons (Fsp3) is 0.576. The lowest BCUT2D eigenvalue weighted by molar-refractivity contribution is -0.0176. The maximum atomic E-state index is 11.8. The zero-order valence-electron chi connectivity index (χ0n) is 27.3. The minimum atomic E-state index is -0.553. The zero-order chi connectivity index (χ0) is 33.1. The molecule has 0 fully saturated rings. The van der Waals surface area contributed by atoms with Crippen LogP contribution in [0.15, 0.2) is 54.6 Å². The summed E-state index contributed by atoms with van der Waals surface area (Å²) in [5.41, 5.74) is 1.00. The van der Waals surface area contributed by atoms with Crippen LogP contribution in [-0.2, 0) is 44.5 Å². The van der Waals surface area contributed by atoms with Crippen molar-refractivity contribution in [2.75, 3.05) is 97.8 Å². The van der Waals surface area contributed by atoms with E-state index >= 15 is 0 Å². The standard InChI is InChI=1S/C33H50N2O11/c1-33(2,3)46-32(37)35-29-9-11-30(12-10-29)44-26-25-43-24-23-42-22-21-41-20-19-40-18-17-39-16-15-38-14-13-34-31(36)45-27-28-7-5-4-6-8-28/h4-12H,13-27H2,1-3H3,(H,34,36)(H,35,37). The lowest BCUT2D eigenvalue weighted by Crippen LogP contribution is -2.28. The molecule has 2 aromatic carbocycles. The molecule has 0 saturated heterocycles. The molecular formula is C33H50N2O11. The van der Waals surface area contributed by atoms with Crippen LogP contribution in [0.2, 0.25) is 0 Å². The normalized spacial score (nSPS) is 11.2. The average Bonchev–Trinajstić information content (AvgIpc) is 3.03. The third-order valence-electron chi connectivity index (χ3n) is 5.58. The number of anilines is 1. The maximum absolute atomic E-state index is 11.8. The molecule has 0 spiro atoms. The van der Waals surface area contributed by atoms with Crippen LogP contribution in [0.25, 0.3) is 0 Å². The molecule has 2 N–H and O–H groups in total. The van der Waals surface area contributed by atoms with Gasteiger partial charge in [0.25, 0.3) is 0 Å². The highest BCUT2D eigenvalue weighted by atomic mass is 16.6. The van der Waals surface area contributed by atoms with E-state index in [-0.39, 0.29) is 6.61 Å². The number of nitrogens with one attached hydrogen (secondary N) is 2. The smallest absolute Gasteiger partial charge is 0.412 e. The predicted molar refractivity (Wildman–Crippen MR) is 171 cm³/mol. The van der Waals surface area contributed by atoms with Gasteiger partial charge in [-0.1, -0.05) is 30.3 Å². The van der Waals surface area contributed by atoms with Crippen molar-refractivity contribution in [2.45, 2.75) is 33.0 Å². The van der Waals surface area contributed by atoms with Crippen LogP contribution in [-0.4, -0.2) is 110 Å². The van der Waals surface area contributed by atoms with E-state index in [0.29, 0.717) is 104 Å². The Bertz CT molecular complexity index is 1050.